The lowest BCUT2D eigenvalue weighted by Gasteiger charge is -2.40. The molecule has 13 heteroatoms. The fourth-order valence-electron chi connectivity index (χ4n) is 6.59. The van der Waals surface area contributed by atoms with Crippen LogP contribution in [-0.2, 0) is 38.7 Å². The van der Waals surface area contributed by atoms with Gasteiger partial charge in [0.2, 0.25) is 0 Å². The van der Waals surface area contributed by atoms with Crippen molar-refractivity contribution in [1.29, 1.82) is 0 Å². The minimum Gasteiger partial charge on any atom is -0.462 e. The van der Waals surface area contributed by atoms with Gasteiger partial charge in [-0.3, -0.25) is 14.1 Å². The van der Waals surface area contributed by atoms with Crippen molar-refractivity contribution in [3.05, 3.63) is 72.9 Å². The Morgan fingerprint density at radius 2 is 1.00 bits per heavy atom. The van der Waals surface area contributed by atoms with Gasteiger partial charge in [0.25, 0.3) is 10.1 Å². The molecule has 1 aliphatic heterocycles. The molecule has 1 rings (SSSR count). The average molecular weight is 895 g/mol. The van der Waals surface area contributed by atoms with E-state index in [1.165, 1.54) is 77.0 Å². The number of aliphatic hydroxyl groups is 3. The van der Waals surface area contributed by atoms with Crippen LogP contribution < -0.4 is 0 Å². The SMILES string of the molecule is CCCCC/C=C/C/C=C/C/C=C/C/C=C/C/C=C/CCC(=O)O[C@H](COC(=O)CCCC/C=C/CCCCCCCCCCC)CO[C@H]1O[C@H](CS(=O)(=O)O)[C@@H](O)C(O)C1O. The van der Waals surface area contributed by atoms with E-state index < -0.39 is 71.2 Å². The molecule has 0 spiro atoms. The summed E-state index contributed by atoms with van der Waals surface area (Å²) in [6.07, 6.45) is 39.6. The Hall–Kier alpha value is -2.91. The Kier molecular flexibility index (Phi) is 35.5. The Bertz CT molecular complexity index is 1420. The highest BCUT2D eigenvalue weighted by Crippen LogP contribution is 2.24. The van der Waals surface area contributed by atoms with Crippen LogP contribution in [0.25, 0.3) is 0 Å². The quantitative estimate of drug-likeness (QED) is 0.0199. The van der Waals surface area contributed by atoms with Crippen molar-refractivity contribution in [2.24, 2.45) is 0 Å². The molecule has 1 fully saturated rings. The van der Waals surface area contributed by atoms with Crippen LogP contribution in [0.3, 0.4) is 0 Å². The molecule has 1 saturated heterocycles. The zero-order valence-corrected chi connectivity index (χ0v) is 38.8. The number of unbranched alkanes of at least 4 members (excludes halogenated alkanes) is 14. The topological polar surface area (TPSA) is 186 Å². The molecule has 62 heavy (non-hydrogen) atoms. The molecular weight excluding hydrogens is 813 g/mol. The second-order valence-corrected chi connectivity index (χ2v) is 17.6. The molecule has 0 aromatic heterocycles. The maximum Gasteiger partial charge on any atom is 0.306 e. The van der Waals surface area contributed by atoms with Crippen LogP contribution in [0.15, 0.2) is 72.9 Å². The molecule has 0 aliphatic carbocycles. The van der Waals surface area contributed by atoms with Crippen molar-refractivity contribution < 1.29 is 56.8 Å². The van der Waals surface area contributed by atoms with Gasteiger partial charge >= 0.3 is 11.9 Å². The summed E-state index contributed by atoms with van der Waals surface area (Å²) >= 11 is 0. The third-order valence-electron chi connectivity index (χ3n) is 10.3. The summed E-state index contributed by atoms with van der Waals surface area (Å²) in [5.74, 6) is -2.12. The largest absolute Gasteiger partial charge is 0.462 e. The van der Waals surface area contributed by atoms with E-state index in [2.05, 4.69) is 68.5 Å². The minimum absolute atomic E-state index is 0.0338. The first kappa shape index (κ1) is 57.1. The predicted molar refractivity (Wildman–Crippen MR) is 247 cm³/mol. The number of allylic oxidation sites excluding steroid dienone is 12. The lowest BCUT2D eigenvalue weighted by Crippen LogP contribution is -2.60. The van der Waals surface area contributed by atoms with Crippen LogP contribution in [0, 0.1) is 0 Å². The maximum atomic E-state index is 12.8. The molecule has 0 radical (unpaired) electrons. The molecular formula is C49H82O12S. The van der Waals surface area contributed by atoms with Crippen LogP contribution in [0.1, 0.15) is 168 Å². The smallest absolute Gasteiger partial charge is 0.306 e. The van der Waals surface area contributed by atoms with Crippen LogP contribution in [0.2, 0.25) is 0 Å². The van der Waals surface area contributed by atoms with Gasteiger partial charge in [-0.2, -0.15) is 8.42 Å². The number of ether oxygens (including phenoxy) is 4. The Morgan fingerprint density at radius 3 is 1.55 bits per heavy atom. The number of esters is 2. The highest BCUT2D eigenvalue weighted by Gasteiger charge is 2.46. The lowest BCUT2D eigenvalue weighted by atomic mass is 10.00. The van der Waals surface area contributed by atoms with Crippen LogP contribution in [0.5, 0.6) is 0 Å². The Labute approximate surface area is 374 Å². The van der Waals surface area contributed by atoms with E-state index in [4.69, 9.17) is 18.9 Å². The third-order valence-corrected chi connectivity index (χ3v) is 11.0. The van der Waals surface area contributed by atoms with E-state index in [1.54, 1.807) is 0 Å². The number of hydrogen-bond donors (Lipinski definition) is 4. The molecule has 6 atom stereocenters. The number of aliphatic hydroxyl groups excluding tert-OH is 3. The molecule has 356 valence electrons. The molecule has 2 unspecified atom stereocenters. The van der Waals surface area contributed by atoms with Crippen molar-refractivity contribution in [2.45, 2.75) is 205 Å². The monoisotopic (exact) mass is 895 g/mol. The first-order valence-electron chi connectivity index (χ1n) is 23.5. The number of rotatable bonds is 38. The van der Waals surface area contributed by atoms with Crippen LogP contribution in [0.4, 0.5) is 0 Å². The van der Waals surface area contributed by atoms with Gasteiger partial charge < -0.3 is 34.3 Å². The first-order chi connectivity index (χ1) is 30.0. The summed E-state index contributed by atoms with van der Waals surface area (Å²) in [6.45, 7) is 3.65. The molecule has 0 saturated carbocycles. The van der Waals surface area contributed by atoms with Gasteiger partial charge in [-0.15, -0.1) is 0 Å². The number of carbonyl (C=O) groups excluding carboxylic acids is 2. The molecule has 1 heterocycles. The normalized spacial score (nSPS) is 20.5. The first-order valence-corrected chi connectivity index (χ1v) is 25.1. The van der Waals surface area contributed by atoms with E-state index in [0.29, 0.717) is 19.3 Å². The fraction of sp³-hybridized carbons (Fsp3) is 0.714. The van der Waals surface area contributed by atoms with E-state index >= 15 is 0 Å². The zero-order chi connectivity index (χ0) is 45.5. The fourth-order valence-corrected chi connectivity index (χ4v) is 7.28. The second kappa shape index (κ2) is 38.5. The molecule has 0 aromatic carbocycles. The van der Waals surface area contributed by atoms with Crippen molar-refractivity contribution in [1.82, 2.24) is 0 Å². The van der Waals surface area contributed by atoms with E-state index in [-0.39, 0.29) is 19.4 Å². The lowest BCUT2D eigenvalue weighted by molar-refractivity contribution is -0.297. The van der Waals surface area contributed by atoms with Gasteiger partial charge in [-0.25, -0.2) is 0 Å². The molecule has 1 aliphatic rings. The van der Waals surface area contributed by atoms with Crippen molar-refractivity contribution in [3.63, 3.8) is 0 Å². The molecule has 4 N–H and O–H groups in total. The van der Waals surface area contributed by atoms with Crippen molar-refractivity contribution in [2.75, 3.05) is 19.0 Å². The summed E-state index contributed by atoms with van der Waals surface area (Å²) in [6, 6.07) is 0. The number of carbonyl (C=O) groups is 2. The minimum atomic E-state index is -4.62. The summed E-state index contributed by atoms with van der Waals surface area (Å²) in [5.41, 5.74) is 0. The zero-order valence-electron chi connectivity index (χ0n) is 37.9. The van der Waals surface area contributed by atoms with Gasteiger partial charge in [0.05, 0.1) is 6.61 Å². The van der Waals surface area contributed by atoms with E-state index in [1.807, 2.05) is 18.2 Å². The Morgan fingerprint density at radius 1 is 0.548 bits per heavy atom. The molecule has 0 amide bonds. The molecule has 0 aromatic rings. The van der Waals surface area contributed by atoms with E-state index in [0.717, 1.165) is 44.9 Å². The van der Waals surface area contributed by atoms with Crippen LogP contribution >= 0.6 is 0 Å². The van der Waals surface area contributed by atoms with Crippen LogP contribution in [-0.4, -0.2) is 96.0 Å². The maximum absolute atomic E-state index is 12.8. The predicted octanol–water partition coefficient (Wildman–Crippen LogP) is 9.89. The summed E-state index contributed by atoms with van der Waals surface area (Å²) < 4.78 is 54.0. The molecule has 0 bridgehead atoms. The van der Waals surface area contributed by atoms with Gasteiger partial charge in [0, 0.05) is 12.8 Å². The third kappa shape index (κ3) is 32.7. The molecule has 12 nitrogen and oxygen atoms in total. The highest BCUT2D eigenvalue weighted by atomic mass is 32.2. The van der Waals surface area contributed by atoms with Gasteiger partial charge in [-0.1, -0.05) is 151 Å². The van der Waals surface area contributed by atoms with Crippen molar-refractivity contribution in [3.8, 4) is 0 Å². The highest BCUT2D eigenvalue weighted by molar-refractivity contribution is 7.85. The summed E-state index contributed by atoms with van der Waals surface area (Å²) in [5, 5.41) is 30.9. The Balaban J connectivity index is 2.51. The van der Waals surface area contributed by atoms with Gasteiger partial charge in [0.15, 0.2) is 12.4 Å². The van der Waals surface area contributed by atoms with Crippen molar-refractivity contribution >= 4 is 22.1 Å². The standard InChI is InChI=1S/C49H82O12S/c1-3-5-7-9-11-13-15-17-19-20-21-22-24-26-28-30-32-34-36-38-45(51)60-42(40-59-49-48(54)47(53)46(52)43(61-49)41-62(55,56)57)39-58-44(50)37-35-33-31-29-27-25-23-18-16-14-12-10-8-6-4-2/h11,13,17,19,21-22,26-29,32,34,42-43,46-49,52-54H,3-10,12,14-16,18,20,23-25,30-31,33,35-41H2,1-2H3,(H,55,56,57)/b13-11+,19-17+,22-21+,28-26+,29-27+,34-32+/t42-,43-,46-,47?,48?,49+/m1/s1. The summed E-state index contributed by atoms with van der Waals surface area (Å²) in [7, 11) is -4.62. The second-order valence-electron chi connectivity index (χ2n) is 16.1. The van der Waals surface area contributed by atoms with Gasteiger partial charge in [0.1, 0.15) is 36.8 Å². The number of hydrogen-bond acceptors (Lipinski definition) is 11. The van der Waals surface area contributed by atoms with Gasteiger partial charge in [-0.05, 0) is 77.0 Å². The summed E-state index contributed by atoms with van der Waals surface area (Å²) in [4.78, 5) is 25.4. The van der Waals surface area contributed by atoms with E-state index in [9.17, 15) is 37.9 Å². The average Bonchev–Trinajstić information content (AvgIpc) is 3.24.